The van der Waals surface area contributed by atoms with E-state index in [1.165, 1.54) is 131 Å². The Balaban J connectivity index is 0. The molecule has 1 aromatic rings. The van der Waals surface area contributed by atoms with Crippen LogP contribution in [0.1, 0.15) is 160 Å². The predicted octanol–water partition coefficient (Wildman–Crippen LogP) is 11.5. The molecule has 0 bridgehead atoms. The van der Waals surface area contributed by atoms with Gasteiger partial charge in [0.15, 0.2) is 0 Å². The van der Waals surface area contributed by atoms with Crippen LogP contribution in [0.25, 0.3) is 11.6 Å². The zero-order valence-corrected chi connectivity index (χ0v) is 33.8. The van der Waals surface area contributed by atoms with Gasteiger partial charge in [-0.05, 0) is 137 Å². The molecule has 2 aliphatic rings. The summed E-state index contributed by atoms with van der Waals surface area (Å²) in [4.78, 5) is 16.0. The van der Waals surface area contributed by atoms with Gasteiger partial charge in [-0.15, -0.1) is 6.58 Å². The fraction of sp³-hybridized carbons (Fsp3) is 0.652. The molecule has 0 aliphatic heterocycles. The molecule has 2 unspecified atom stereocenters. The standard InChI is InChI=1S/C42H66O.2CH4O.2CH2O/c1-7-9-10-12-33(5)29-41-27-28-42(30-37(41)8-2)40-25-23-39(24-26-40)38-21-19-36(20-22-38)14-11-13-35(17-15-32(3)4)18-16-34(6)31-43;4*1-2/h25,27-30,35-36,38-39,43H,3,6-24,26,31H2,1-2,4-5H3;2*2H,1H3;2*1H2/b33-29+;;;;. The molecule has 5 nitrogen and oxygen atoms in total. The molecule has 0 radical (unpaired) electrons. The van der Waals surface area contributed by atoms with Crippen molar-refractivity contribution in [2.75, 3.05) is 20.8 Å². The fourth-order valence-electron chi connectivity index (χ4n) is 7.80. The van der Waals surface area contributed by atoms with Crippen LogP contribution >= 0.6 is 0 Å². The van der Waals surface area contributed by atoms with Gasteiger partial charge in [-0.25, -0.2) is 0 Å². The van der Waals surface area contributed by atoms with Crippen molar-refractivity contribution in [1.82, 2.24) is 0 Å². The zero-order valence-electron chi connectivity index (χ0n) is 33.8. The number of carbonyl (C=O) groups is 2. The summed E-state index contributed by atoms with van der Waals surface area (Å²) in [6.45, 7) is 21.3. The topological polar surface area (TPSA) is 94.8 Å². The number of aliphatic hydroxyl groups excluding tert-OH is 3. The van der Waals surface area contributed by atoms with Crippen LogP contribution in [0.2, 0.25) is 0 Å². The molecular formula is C46H78O5. The van der Waals surface area contributed by atoms with Crippen LogP contribution in [0, 0.1) is 23.7 Å². The number of allylic oxidation sites excluding steroid dienone is 4. The molecule has 1 aromatic carbocycles. The van der Waals surface area contributed by atoms with E-state index in [2.05, 4.69) is 71.2 Å². The van der Waals surface area contributed by atoms with E-state index in [-0.39, 0.29) is 6.61 Å². The van der Waals surface area contributed by atoms with Gasteiger partial charge in [-0.1, -0.05) is 112 Å². The second-order valence-electron chi connectivity index (χ2n) is 14.5. The van der Waals surface area contributed by atoms with Crippen molar-refractivity contribution in [3.8, 4) is 0 Å². The van der Waals surface area contributed by atoms with Gasteiger partial charge in [0, 0.05) is 14.2 Å². The molecule has 3 rings (SSSR count). The quantitative estimate of drug-likeness (QED) is 0.0981. The fourth-order valence-corrected chi connectivity index (χ4v) is 7.80. The predicted molar refractivity (Wildman–Crippen MR) is 222 cm³/mol. The monoisotopic (exact) mass is 711 g/mol. The Bertz CT molecular complexity index is 1090. The number of aryl methyl sites for hydroxylation is 1. The minimum Gasteiger partial charge on any atom is -0.400 e. The van der Waals surface area contributed by atoms with Crippen molar-refractivity contribution in [2.24, 2.45) is 23.7 Å². The summed E-state index contributed by atoms with van der Waals surface area (Å²) in [5.74, 6) is 3.53. The lowest BCUT2D eigenvalue weighted by atomic mass is 9.70. The van der Waals surface area contributed by atoms with Gasteiger partial charge in [0.1, 0.15) is 13.6 Å². The Morgan fingerprint density at radius 1 is 0.824 bits per heavy atom. The van der Waals surface area contributed by atoms with Gasteiger partial charge < -0.3 is 24.9 Å². The van der Waals surface area contributed by atoms with Crippen LogP contribution in [0.3, 0.4) is 0 Å². The lowest BCUT2D eigenvalue weighted by molar-refractivity contribution is -0.0987. The largest absolute Gasteiger partial charge is 0.400 e. The van der Waals surface area contributed by atoms with Crippen molar-refractivity contribution in [3.63, 3.8) is 0 Å². The minimum absolute atomic E-state index is 0.137. The number of hydrogen-bond acceptors (Lipinski definition) is 5. The number of unbranched alkanes of at least 4 members (excludes halogenated alkanes) is 2. The van der Waals surface area contributed by atoms with E-state index in [0.717, 1.165) is 62.7 Å². The second kappa shape index (κ2) is 33.3. The summed E-state index contributed by atoms with van der Waals surface area (Å²) in [5.41, 5.74) is 9.82. The Morgan fingerprint density at radius 2 is 1.47 bits per heavy atom. The normalized spacial score (nSPS) is 18.8. The molecule has 2 atom stereocenters. The highest BCUT2D eigenvalue weighted by molar-refractivity contribution is 5.69. The third-order valence-corrected chi connectivity index (χ3v) is 10.8. The van der Waals surface area contributed by atoms with Crippen molar-refractivity contribution in [3.05, 3.63) is 70.8 Å². The van der Waals surface area contributed by atoms with E-state index in [1.54, 1.807) is 5.57 Å². The zero-order chi connectivity index (χ0) is 39.0. The van der Waals surface area contributed by atoms with E-state index in [0.29, 0.717) is 0 Å². The third-order valence-electron chi connectivity index (χ3n) is 10.8. The molecule has 3 N–H and O–H groups in total. The maximum Gasteiger partial charge on any atom is 0.106 e. The maximum atomic E-state index is 9.35. The van der Waals surface area contributed by atoms with Crippen molar-refractivity contribution >= 4 is 25.2 Å². The number of benzene rings is 1. The molecule has 0 heterocycles. The first-order chi connectivity index (χ1) is 24.8. The van der Waals surface area contributed by atoms with Crippen molar-refractivity contribution < 1.29 is 24.9 Å². The molecule has 0 amide bonds. The van der Waals surface area contributed by atoms with Gasteiger partial charge in [0.25, 0.3) is 0 Å². The first-order valence-electron chi connectivity index (χ1n) is 19.7. The first-order valence-corrected chi connectivity index (χ1v) is 19.7. The summed E-state index contributed by atoms with van der Waals surface area (Å²) >= 11 is 0. The van der Waals surface area contributed by atoms with E-state index in [9.17, 15) is 5.11 Å². The number of carbonyl (C=O) groups excluding carboxylic acids is 2. The van der Waals surface area contributed by atoms with Gasteiger partial charge in [-0.3, -0.25) is 0 Å². The molecule has 0 aromatic heterocycles. The van der Waals surface area contributed by atoms with Crippen molar-refractivity contribution in [1.29, 1.82) is 0 Å². The lowest BCUT2D eigenvalue weighted by Crippen LogP contribution is -2.23. The smallest absolute Gasteiger partial charge is 0.106 e. The van der Waals surface area contributed by atoms with Crippen LogP contribution in [0.15, 0.2) is 54.2 Å². The summed E-state index contributed by atoms with van der Waals surface area (Å²) in [6, 6.07) is 7.28. The molecule has 1 saturated carbocycles. The van der Waals surface area contributed by atoms with Crippen LogP contribution in [-0.2, 0) is 16.0 Å². The highest BCUT2D eigenvalue weighted by Gasteiger charge is 2.29. The van der Waals surface area contributed by atoms with Gasteiger partial charge in [0.2, 0.25) is 0 Å². The highest BCUT2D eigenvalue weighted by Crippen LogP contribution is 2.42. The molecule has 1 fully saturated rings. The first kappa shape index (κ1) is 50.5. The number of aliphatic hydroxyl groups is 3. The van der Waals surface area contributed by atoms with Crippen LogP contribution in [-0.4, -0.2) is 49.7 Å². The van der Waals surface area contributed by atoms with Crippen LogP contribution in [0.5, 0.6) is 0 Å². The van der Waals surface area contributed by atoms with E-state index in [1.807, 2.05) is 13.6 Å². The van der Waals surface area contributed by atoms with Crippen molar-refractivity contribution in [2.45, 2.75) is 150 Å². The van der Waals surface area contributed by atoms with Gasteiger partial charge in [-0.2, -0.15) is 0 Å². The third kappa shape index (κ3) is 21.5. The number of rotatable bonds is 19. The second-order valence-corrected chi connectivity index (χ2v) is 14.5. The molecular weight excluding hydrogens is 633 g/mol. The van der Waals surface area contributed by atoms with E-state index < -0.39 is 0 Å². The average molecular weight is 711 g/mol. The Hall–Kier alpha value is -2.60. The lowest BCUT2D eigenvalue weighted by Gasteiger charge is -2.36. The molecule has 5 heteroatoms. The van der Waals surface area contributed by atoms with Crippen LogP contribution in [0.4, 0.5) is 0 Å². The summed E-state index contributed by atoms with van der Waals surface area (Å²) in [6.07, 6.45) is 29.7. The maximum absolute atomic E-state index is 9.35. The molecule has 0 spiro atoms. The summed E-state index contributed by atoms with van der Waals surface area (Å²) in [7, 11) is 2.00. The van der Waals surface area contributed by atoms with Crippen LogP contribution < -0.4 is 0 Å². The number of hydrogen-bond donors (Lipinski definition) is 3. The minimum atomic E-state index is 0.137. The van der Waals surface area contributed by atoms with Gasteiger partial charge >= 0.3 is 0 Å². The van der Waals surface area contributed by atoms with E-state index >= 15 is 0 Å². The Morgan fingerprint density at radius 3 is 2.02 bits per heavy atom. The average Bonchev–Trinajstić information content (AvgIpc) is 3.19. The Kier molecular flexibility index (Phi) is 32.9. The molecule has 0 saturated heterocycles. The van der Waals surface area contributed by atoms with Gasteiger partial charge in [0.05, 0.1) is 6.61 Å². The Labute approximate surface area is 314 Å². The highest BCUT2D eigenvalue weighted by atomic mass is 16.3. The molecule has 292 valence electrons. The summed E-state index contributed by atoms with van der Waals surface area (Å²) in [5, 5.41) is 23.4. The van der Waals surface area contributed by atoms with E-state index in [4.69, 9.17) is 19.8 Å². The molecule has 51 heavy (non-hydrogen) atoms. The summed E-state index contributed by atoms with van der Waals surface area (Å²) < 4.78 is 0. The molecule has 2 aliphatic carbocycles. The SMILES string of the molecule is C=C(C)CCC(CCCC1CCC(C2CC=C(c3ccc(/C=C(\C)CCCCC)c(CC)c3)CC2)CC1)CCC(=C)CO.C=O.C=O.CO.CO.